The van der Waals surface area contributed by atoms with Crippen molar-refractivity contribution in [2.75, 3.05) is 18.0 Å². The maximum absolute atomic E-state index is 4.09. The Morgan fingerprint density at radius 1 is 1.31 bits per heavy atom. The predicted octanol–water partition coefficient (Wildman–Crippen LogP) is 3.79. The molecular formula is C15H21N. The van der Waals surface area contributed by atoms with E-state index in [9.17, 15) is 0 Å². The third-order valence-electron chi connectivity index (χ3n) is 3.52. The molecule has 1 unspecified atom stereocenters. The highest BCUT2D eigenvalue weighted by Crippen LogP contribution is 2.26. The van der Waals surface area contributed by atoms with E-state index < -0.39 is 0 Å². The van der Waals surface area contributed by atoms with Crippen molar-refractivity contribution >= 4 is 5.69 Å². The molecule has 2 rings (SSSR count). The van der Waals surface area contributed by atoms with Crippen LogP contribution in [0, 0.1) is 12.8 Å². The molecule has 0 radical (unpaired) electrons. The average Bonchev–Trinajstić information content (AvgIpc) is 2.30. The van der Waals surface area contributed by atoms with Crippen LogP contribution in [0.25, 0.3) is 0 Å². The largest absolute Gasteiger partial charge is 0.371 e. The van der Waals surface area contributed by atoms with E-state index in [0.29, 0.717) is 5.92 Å². The van der Waals surface area contributed by atoms with E-state index >= 15 is 0 Å². The van der Waals surface area contributed by atoms with E-state index in [1.165, 1.54) is 36.2 Å². The van der Waals surface area contributed by atoms with Crippen molar-refractivity contribution < 1.29 is 0 Å². The summed E-state index contributed by atoms with van der Waals surface area (Å²) in [5, 5.41) is 0. The molecule has 1 atom stereocenters. The molecule has 0 aromatic heterocycles. The first-order valence-electron chi connectivity index (χ1n) is 6.14. The second kappa shape index (κ2) is 4.73. The number of piperidine rings is 1. The highest BCUT2D eigenvalue weighted by atomic mass is 15.1. The van der Waals surface area contributed by atoms with E-state index in [-0.39, 0.29) is 0 Å². The van der Waals surface area contributed by atoms with Gasteiger partial charge in [-0.15, -0.1) is 0 Å². The van der Waals surface area contributed by atoms with Crippen molar-refractivity contribution in [2.24, 2.45) is 5.92 Å². The number of hydrogen-bond acceptors (Lipinski definition) is 1. The van der Waals surface area contributed by atoms with Crippen molar-refractivity contribution in [1.29, 1.82) is 0 Å². The monoisotopic (exact) mass is 215 g/mol. The number of benzene rings is 1. The fourth-order valence-electron chi connectivity index (χ4n) is 2.37. The molecule has 1 saturated heterocycles. The molecule has 1 heteroatoms. The van der Waals surface area contributed by atoms with Crippen molar-refractivity contribution in [2.45, 2.75) is 26.7 Å². The molecule has 0 bridgehead atoms. The Morgan fingerprint density at radius 2 is 2.00 bits per heavy atom. The van der Waals surface area contributed by atoms with Crippen molar-refractivity contribution in [1.82, 2.24) is 0 Å². The summed E-state index contributed by atoms with van der Waals surface area (Å²) in [5.41, 5.74) is 4.02. The van der Waals surface area contributed by atoms with Crippen LogP contribution in [0.1, 0.15) is 25.3 Å². The van der Waals surface area contributed by atoms with E-state index in [2.05, 4.69) is 49.6 Å². The molecular weight excluding hydrogens is 194 g/mol. The standard InChI is InChI=1S/C15H21N/c1-12(2)14-5-4-10-16(11-14)15-8-6-13(3)7-9-15/h6-9,14H,1,4-5,10-11H2,2-3H3. The zero-order valence-electron chi connectivity index (χ0n) is 10.4. The van der Waals surface area contributed by atoms with Gasteiger partial charge in [0.05, 0.1) is 0 Å². The minimum absolute atomic E-state index is 0.676. The van der Waals surface area contributed by atoms with E-state index in [1.807, 2.05) is 0 Å². The molecule has 0 spiro atoms. The summed E-state index contributed by atoms with van der Waals surface area (Å²) >= 11 is 0. The Bertz CT molecular complexity index is 364. The zero-order chi connectivity index (χ0) is 11.5. The van der Waals surface area contributed by atoms with Crippen LogP contribution < -0.4 is 4.90 Å². The van der Waals surface area contributed by atoms with Gasteiger partial charge in [0.1, 0.15) is 0 Å². The lowest BCUT2D eigenvalue weighted by molar-refractivity contribution is 0.467. The first-order valence-corrected chi connectivity index (χ1v) is 6.14. The fraction of sp³-hybridized carbons (Fsp3) is 0.467. The zero-order valence-corrected chi connectivity index (χ0v) is 10.4. The average molecular weight is 215 g/mol. The number of anilines is 1. The van der Waals surface area contributed by atoms with Crippen molar-refractivity contribution in [3.63, 3.8) is 0 Å². The van der Waals surface area contributed by atoms with Crippen molar-refractivity contribution in [3.05, 3.63) is 42.0 Å². The molecule has 1 aromatic carbocycles. The lowest BCUT2D eigenvalue weighted by Gasteiger charge is -2.34. The Balaban J connectivity index is 2.09. The van der Waals surface area contributed by atoms with Crippen LogP contribution in [-0.2, 0) is 0 Å². The maximum Gasteiger partial charge on any atom is 0.0366 e. The molecule has 1 aromatic rings. The summed E-state index contributed by atoms with van der Waals surface area (Å²) in [6.45, 7) is 10.7. The molecule has 1 heterocycles. The van der Waals surface area contributed by atoms with Crippen LogP contribution in [-0.4, -0.2) is 13.1 Å². The molecule has 0 saturated carbocycles. The number of aryl methyl sites for hydroxylation is 1. The van der Waals surface area contributed by atoms with Gasteiger partial charge in [0, 0.05) is 18.8 Å². The van der Waals surface area contributed by atoms with Gasteiger partial charge >= 0.3 is 0 Å². The smallest absolute Gasteiger partial charge is 0.0366 e. The van der Waals surface area contributed by atoms with Crippen LogP contribution >= 0.6 is 0 Å². The summed E-state index contributed by atoms with van der Waals surface area (Å²) < 4.78 is 0. The van der Waals surface area contributed by atoms with E-state index in [1.54, 1.807) is 0 Å². The maximum atomic E-state index is 4.09. The van der Waals surface area contributed by atoms with Crippen LogP contribution in [0.2, 0.25) is 0 Å². The topological polar surface area (TPSA) is 3.24 Å². The van der Waals surface area contributed by atoms with Crippen LogP contribution in [0.15, 0.2) is 36.4 Å². The minimum Gasteiger partial charge on any atom is -0.371 e. The van der Waals surface area contributed by atoms with Gasteiger partial charge in [0.2, 0.25) is 0 Å². The normalized spacial score (nSPS) is 20.9. The first kappa shape index (κ1) is 11.3. The number of rotatable bonds is 2. The van der Waals surface area contributed by atoms with Crippen LogP contribution in [0.4, 0.5) is 5.69 Å². The third-order valence-corrected chi connectivity index (χ3v) is 3.52. The van der Waals surface area contributed by atoms with Gasteiger partial charge in [-0.1, -0.05) is 29.8 Å². The highest BCUT2D eigenvalue weighted by molar-refractivity contribution is 5.48. The quantitative estimate of drug-likeness (QED) is 0.678. The Kier molecular flexibility index (Phi) is 3.33. The predicted molar refractivity (Wildman–Crippen MR) is 70.9 cm³/mol. The summed E-state index contributed by atoms with van der Waals surface area (Å²) in [7, 11) is 0. The Labute approximate surface area is 98.8 Å². The summed E-state index contributed by atoms with van der Waals surface area (Å²) in [4.78, 5) is 2.49. The van der Waals surface area contributed by atoms with E-state index in [4.69, 9.17) is 0 Å². The molecule has 0 aliphatic carbocycles. The molecule has 0 N–H and O–H groups in total. The fourth-order valence-corrected chi connectivity index (χ4v) is 2.37. The molecule has 0 amide bonds. The van der Waals surface area contributed by atoms with Crippen molar-refractivity contribution in [3.8, 4) is 0 Å². The van der Waals surface area contributed by atoms with Gasteiger partial charge in [-0.2, -0.15) is 0 Å². The Hall–Kier alpha value is -1.24. The first-order chi connectivity index (χ1) is 7.66. The lowest BCUT2D eigenvalue weighted by atomic mass is 9.92. The molecule has 1 nitrogen and oxygen atoms in total. The second-order valence-electron chi connectivity index (χ2n) is 4.97. The summed E-state index contributed by atoms with van der Waals surface area (Å²) in [6.07, 6.45) is 2.59. The van der Waals surface area contributed by atoms with Gasteiger partial charge in [-0.3, -0.25) is 0 Å². The number of nitrogens with zero attached hydrogens (tertiary/aromatic N) is 1. The molecule has 1 aliphatic heterocycles. The minimum atomic E-state index is 0.676. The SMILES string of the molecule is C=C(C)C1CCCN(c2ccc(C)cc2)C1. The second-order valence-corrected chi connectivity index (χ2v) is 4.97. The lowest BCUT2D eigenvalue weighted by Crippen LogP contribution is -2.35. The Morgan fingerprint density at radius 3 is 2.62 bits per heavy atom. The van der Waals surface area contributed by atoms with Gasteiger partial charge in [0.25, 0.3) is 0 Å². The van der Waals surface area contributed by atoms with Gasteiger partial charge in [-0.05, 0) is 44.7 Å². The van der Waals surface area contributed by atoms with Gasteiger partial charge < -0.3 is 4.90 Å². The van der Waals surface area contributed by atoms with Crippen LogP contribution in [0.3, 0.4) is 0 Å². The molecule has 86 valence electrons. The molecule has 1 fully saturated rings. The third kappa shape index (κ3) is 2.46. The summed E-state index contributed by atoms with van der Waals surface area (Å²) in [5.74, 6) is 0.676. The number of hydrogen-bond donors (Lipinski definition) is 0. The highest BCUT2D eigenvalue weighted by Gasteiger charge is 2.20. The molecule has 1 aliphatic rings. The molecule has 16 heavy (non-hydrogen) atoms. The van der Waals surface area contributed by atoms with E-state index in [0.717, 1.165) is 6.54 Å². The van der Waals surface area contributed by atoms with Gasteiger partial charge in [-0.25, -0.2) is 0 Å². The van der Waals surface area contributed by atoms with Gasteiger partial charge in [0.15, 0.2) is 0 Å². The summed E-state index contributed by atoms with van der Waals surface area (Å²) in [6, 6.07) is 8.85. The van der Waals surface area contributed by atoms with Crippen LogP contribution in [0.5, 0.6) is 0 Å².